The topological polar surface area (TPSA) is 60.4 Å². The third kappa shape index (κ3) is 5.94. The van der Waals surface area contributed by atoms with Gasteiger partial charge in [0.25, 0.3) is 5.69 Å². The van der Waals surface area contributed by atoms with Crippen LogP contribution >= 0.6 is 11.3 Å². The summed E-state index contributed by atoms with van der Waals surface area (Å²) < 4.78 is 2.25. The smallest absolute Gasteiger partial charge is 0.270 e. The Morgan fingerprint density at radius 3 is 2.38 bits per heavy atom. The molecule has 0 spiro atoms. The van der Waals surface area contributed by atoms with Gasteiger partial charge in [-0.3, -0.25) is 10.1 Å². The average molecular weight is 452 g/mol. The number of hydrogen-bond acceptors (Lipinski definition) is 4. The van der Waals surface area contributed by atoms with E-state index in [1.807, 2.05) is 6.07 Å². The second kappa shape index (κ2) is 10.7. The van der Waals surface area contributed by atoms with Crippen LogP contribution in [0.15, 0.2) is 58.9 Å². The molecule has 3 aromatic rings. The molecule has 0 radical (unpaired) electrons. The number of nitro groups is 1. The van der Waals surface area contributed by atoms with Crippen molar-refractivity contribution in [3.8, 4) is 11.3 Å². The molecule has 2 aromatic carbocycles. The third-order valence-electron chi connectivity index (χ3n) is 5.72. The van der Waals surface area contributed by atoms with E-state index < -0.39 is 0 Å². The second-order valence-corrected chi connectivity index (χ2v) is 9.95. The van der Waals surface area contributed by atoms with Gasteiger partial charge in [0.2, 0.25) is 0 Å². The summed E-state index contributed by atoms with van der Waals surface area (Å²) in [6, 6.07) is 15.5. The van der Waals surface area contributed by atoms with Crippen molar-refractivity contribution in [1.29, 1.82) is 0 Å². The lowest BCUT2D eigenvalue weighted by Gasteiger charge is -2.18. The highest BCUT2D eigenvalue weighted by molar-refractivity contribution is 7.07. The first-order valence-electron chi connectivity index (χ1n) is 11.4. The first-order valence-corrected chi connectivity index (χ1v) is 12.2. The molecule has 1 heterocycles. The van der Waals surface area contributed by atoms with Gasteiger partial charge in [-0.2, -0.15) is 0 Å². The Morgan fingerprint density at radius 1 is 1.03 bits per heavy atom. The zero-order valence-electron chi connectivity index (χ0n) is 19.6. The maximum atomic E-state index is 11.3. The zero-order chi connectivity index (χ0) is 23.3. The normalized spacial score (nSPS) is 13.2. The van der Waals surface area contributed by atoms with Gasteiger partial charge in [0, 0.05) is 29.1 Å². The Bertz CT molecular complexity index is 1110. The highest BCUT2D eigenvalue weighted by Crippen LogP contribution is 2.29. The molecule has 3 rings (SSSR count). The van der Waals surface area contributed by atoms with Crippen molar-refractivity contribution in [3.05, 3.63) is 74.4 Å². The summed E-state index contributed by atoms with van der Waals surface area (Å²) >= 11 is 1.59. The minimum absolute atomic E-state index is 0.107. The van der Waals surface area contributed by atoms with Gasteiger partial charge in [-0.05, 0) is 42.9 Å². The van der Waals surface area contributed by atoms with Gasteiger partial charge in [0.15, 0.2) is 4.80 Å². The van der Waals surface area contributed by atoms with Crippen molar-refractivity contribution in [2.75, 3.05) is 0 Å². The molecular formula is C26H33N3O2S. The maximum Gasteiger partial charge on any atom is 0.270 e. The minimum Gasteiger partial charge on any atom is -0.314 e. The van der Waals surface area contributed by atoms with E-state index in [0.717, 1.165) is 34.6 Å². The van der Waals surface area contributed by atoms with Gasteiger partial charge in [0.05, 0.1) is 16.3 Å². The standard InChI is InChI=1S/C26H33N3O2S/c1-18(2)8-6-9-20(5)28-25(22-10-7-11-24(16-22)29(30)31)17-32-26(28)27-23-14-12-21(13-15-23)19(3)4/h7,10-20H,6,8-9H2,1-5H3. The Balaban J connectivity index is 2.05. The molecule has 1 aromatic heterocycles. The minimum atomic E-state index is -0.339. The molecule has 0 aliphatic rings. The molecule has 6 heteroatoms. The SMILES string of the molecule is CC(C)CCCC(C)n1c(-c2cccc([N+](=O)[O-])c2)csc1=Nc1ccc(C(C)C)cc1. The van der Waals surface area contributed by atoms with Gasteiger partial charge in [-0.25, -0.2) is 4.99 Å². The van der Waals surface area contributed by atoms with Crippen molar-refractivity contribution in [3.63, 3.8) is 0 Å². The van der Waals surface area contributed by atoms with Gasteiger partial charge < -0.3 is 4.57 Å². The van der Waals surface area contributed by atoms with Crippen molar-refractivity contribution >= 4 is 22.7 Å². The van der Waals surface area contributed by atoms with Crippen LogP contribution in [0.1, 0.15) is 71.4 Å². The van der Waals surface area contributed by atoms with Crippen molar-refractivity contribution in [1.82, 2.24) is 4.57 Å². The first-order chi connectivity index (χ1) is 15.3. The van der Waals surface area contributed by atoms with E-state index in [-0.39, 0.29) is 16.7 Å². The van der Waals surface area contributed by atoms with Crippen molar-refractivity contribution in [2.45, 2.75) is 65.8 Å². The van der Waals surface area contributed by atoms with Crippen LogP contribution in [0.3, 0.4) is 0 Å². The molecule has 0 bridgehead atoms. The summed E-state index contributed by atoms with van der Waals surface area (Å²) in [5.41, 5.74) is 4.15. The zero-order valence-corrected chi connectivity index (χ0v) is 20.4. The van der Waals surface area contributed by atoms with Gasteiger partial charge >= 0.3 is 0 Å². The number of nitrogens with zero attached hydrogens (tertiary/aromatic N) is 3. The van der Waals surface area contributed by atoms with Crippen LogP contribution in [-0.2, 0) is 0 Å². The summed E-state index contributed by atoms with van der Waals surface area (Å²) in [5, 5.41) is 13.4. The lowest BCUT2D eigenvalue weighted by Crippen LogP contribution is -2.20. The number of thiazole rings is 1. The highest BCUT2D eigenvalue weighted by Gasteiger charge is 2.16. The lowest BCUT2D eigenvalue weighted by atomic mass is 10.0. The monoisotopic (exact) mass is 451 g/mol. The number of hydrogen-bond donors (Lipinski definition) is 0. The molecule has 0 aliphatic heterocycles. The van der Waals surface area contributed by atoms with E-state index in [2.05, 4.69) is 68.8 Å². The Kier molecular flexibility index (Phi) is 8.02. The molecule has 0 N–H and O–H groups in total. The fourth-order valence-corrected chi connectivity index (χ4v) is 4.83. The molecule has 0 fully saturated rings. The lowest BCUT2D eigenvalue weighted by molar-refractivity contribution is -0.384. The molecule has 5 nitrogen and oxygen atoms in total. The fourth-order valence-electron chi connectivity index (χ4n) is 3.81. The Labute approximate surface area is 194 Å². The van der Waals surface area contributed by atoms with Gasteiger partial charge in [-0.15, -0.1) is 11.3 Å². The molecule has 0 aliphatic carbocycles. The van der Waals surface area contributed by atoms with Gasteiger partial charge in [-0.1, -0.05) is 64.8 Å². The van der Waals surface area contributed by atoms with E-state index in [1.54, 1.807) is 23.5 Å². The van der Waals surface area contributed by atoms with E-state index in [0.29, 0.717) is 11.8 Å². The molecule has 32 heavy (non-hydrogen) atoms. The Hall–Kier alpha value is -2.73. The number of nitro benzene ring substituents is 1. The van der Waals surface area contributed by atoms with Crippen LogP contribution in [0.2, 0.25) is 0 Å². The quantitative estimate of drug-likeness (QED) is 0.245. The van der Waals surface area contributed by atoms with Gasteiger partial charge in [0.1, 0.15) is 0 Å². The summed E-state index contributed by atoms with van der Waals surface area (Å²) in [5.74, 6) is 1.16. The number of rotatable bonds is 9. The number of benzene rings is 2. The fraction of sp³-hybridized carbons (Fsp3) is 0.423. The van der Waals surface area contributed by atoms with Crippen LogP contribution in [0, 0.1) is 16.0 Å². The second-order valence-electron chi connectivity index (χ2n) is 9.11. The summed E-state index contributed by atoms with van der Waals surface area (Å²) in [6.07, 6.45) is 3.36. The number of non-ortho nitro benzene ring substituents is 1. The molecule has 0 saturated carbocycles. The predicted octanol–water partition coefficient (Wildman–Crippen LogP) is 7.87. The van der Waals surface area contributed by atoms with E-state index in [1.165, 1.54) is 18.1 Å². The van der Waals surface area contributed by atoms with Crippen LogP contribution in [0.5, 0.6) is 0 Å². The molecule has 0 saturated heterocycles. The predicted molar refractivity (Wildman–Crippen MR) is 134 cm³/mol. The van der Waals surface area contributed by atoms with Crippen LogP contribution < -0.4 is 4.80 Å². The molecular weight excluding hydrogens is 418 g/mol. The van der Waals surface area contributed by atoms with E-state index in [4.69, 9.17) is 4.99 Å². The highest BCUT2D eigenvalue weighted by atomic mass is 32.1. The summed E-state index contributed by atoms with van der Waals surface area (Å²) in [4.78, 5) is 16.8. The van der Waals surface area contributed by atoms with Crippen LogP contribution in [-0.4, -0.2) is 9.49 Å². The molecule has 0 amide bonds. The van der Waals surface area contributed by atoms with Crippen molar-refractivity contribution < 1.29 is 4.92 Å². The third-order valence-corrected chi connectivity index (χ3v) is 6.56. The number of aromatic nitrogens is 1. The first kappa shape index (κ1) is 23.9. The molecule has 170 valence electrons. The molecule has 1 atom stereocenters. The largest absolute Gasteiger partial charge is 0.314 e. The van der Waals surface area contributed by atoms with E-state index in [9.17, 15) is 10.1 Å². The Morgan fingerprint density at radius 2 is 1.75 bits per heavy atom. The summed E-state index contributed by atoms with van der Waals surface area (Å²) in [6.45, 7) is 11.1. The average Bonchev–Trinajstić information content (AvgIpc) is 3.17. The van der Waals surface area contributed by atoms with Crippen LogP contribution in [0.4, 0.5) is 11.4 Å². The van der Waals surface area contributed by atoms with Crippen molar-refractivity contribution in [2.24, 2.45) is 10.9 Å². The summed E-state index contributed by atoms with van der Waals surface area (Å²) in [7, 11) is 0. The van der Waals surface area contributed by atoms with E-state index >= 15 is 0 Å². The van der Waals surface area contributed by atoms with Crippen LogP contribution in [0.25, 0.3) is 11.3 Å². The maximum absolute atomic E-state index is 11.3. The molecule has 1 unspecified atom stereocenters.